The molecule has 0 aliphatic heterocycles. The summed E-state index contributed by atoms with van der Waals surface area (Å²) in [5.41, 5.74) is 3.00. The minimum Gasteiger partial charge on any atom is -0.452 e. The lowest BCUT2D eigenvalue weighted by Crippen LogP contribution is -2.21. The molecule has 5 nitrogen and oxygen atoms in total. The molecule has 1 N–H and O–H groups in total. The number of fused-ring (bicyclic) bond motifs is 1. The van der Waals surface area contributed by atoms with Gasteiger partial charge in [0.2, 0.25) is 0 Å². The van der Waals surface area contributed by atoms with Crippen molar-refractivity contribution in [2.24, 2.45) is 0 Å². The summed E-state index contributed by atoms with van der Waals surface area (Å²) in [5.74, 6) is -1.07. The summed E-state index contributed by atoms with van der Waals surface area (Å²) in [6, 6.07) is 21.6. The minimum atomic E-state index is -0.606. The molecule has 3 aromatic carbocycles. The summed E-state index contributed by atoms with van der Waals surface area (Å²) >= 11 is 12.8. The average Bonchev–Trinajstić information content (AvgIpc) is 2.79. The Bertz CT molecular complexity index is 1330. The molecule has 0 atom stereocenters. The van der Waals surface area contributed by atoms with Gasteiger partial charge in [0.1, 0.15) is 0 Å². The van der Waals surface area contributed by atoms with Crippen LogP contribution < -0.4 is 5.32 Å². The van der Waals surface area contributed by atoms with Gasteiger partial charge in [0.25, 0.3) is 5.91 Å². The molecule has 0 spiro atoms. The van der Waals surface area contributed by atoms with Gasteiger partial charge in [-0.15, -0.1) is 0 Å². The first-order chi connectivity index (χ1) is 15.4. The van der Waals surface area contributed by atoms with Crippen molar-refractivity contribution in [2.45, 2.75) is 0 Å². The number of carbonyl (C=O) groups excluding carboxylic acids is 2. The van der Waals surface area contributed by atoms with Crippen LogP contribution in [-0.4, -0.2) is 23.5 Å². The fraction of sp³-hybridized carbons (Fsp3) is 0.0417. The van der Waals surface area contributed by atoms with Crippen LogP contribution in [0.15, 0.2) is 81.7 Å². The van der Waals surface area contributed by atoms with Gasteiger partial charge in [-0.2, -0.15) is 0 Å². The van der Waals surface area contributed by atoms with E-state index < -0.39 is 18.5 Å². The van der Waals surface area contributed by atoms with Crippen LogP contribution in [0.3, 0.4) is 0 Å². The Morgan fingerprint density at radius 2 is 1.72 bits per heavy atom. The molecule has 0 aliphatic carbocycles. The Balaban J connectivity index is 1.55. The Kier molecular flexibility index (Phi) is 6.89. The van der Waals surface area contributed by atoms with Gasteiger partial charge in [-0.05, 0) is 58.4 Å². The largest absolute Gasteiger partial charge is 0.452 e. The molecule has 4 rings (SSSR count). The predicted octanol–water partition coefficient (Wildman–Crippen LogP) is 6.88. The van der Waals surface area contributed by atoms with Crippen molar-refractivity contribution < 1.29 is 14.3 Å². The zero-order chi connectivity index (χ0) is 22.7. The van der Waals surface area contributed by atoms with Crippen molar-refractivity contribution in [3.05, 3.63) is 92.3 Å². The molecular weight excluding hydrogens is 560 g/mol. The van der Waals surface area contributed by atoms with Gasteiger partial charge in [-0.1, -0.05) is 57.9 Å². The van der Waals surface area contributed by atoms with Gasteiger partial charge in [-0.25, -0.2) is 9.78 Å². The van der Waals surface area contributed by atoms with Gasteiger partial charge in [0, 0.05) is 25.6 Å². The smallest absolute Gasteiger partial charge is 0.339 e. The highest BCUT2D eigenvalue weighted by Crippen LogP contribution is 2.27. The zero-order valence-electron chi connectivity index (χ0n) is 16.4. The number of rotatable bonds is 5. The number of halogens is 3. The second-order valence-corrected chi connectivity index (χ2v) is 9.01. The normalized spacial score (nSPS) is 10.7. The molecule has 8 heteroatoms. The van der Waals surface area contributed by atoms with Crippen molar-refractivity contribution in [3.63, 3.8) is 0 Å². The number of anilines is 1. The van der Waals surface area contributed by atoms with Crippen molar-refractivity contribution >= 4 is 71.9 Å². The summed E-state index contributed by atoms with van der Waals surface area (Å²) in [6.45, 7) is -0.434. The fourth-order valence-electron chi connectivity index (χ4n) is 3.09. The number of nitrogens with zero attached hydrogens (tertiary/aromatic N) is 1. The molecule has 0 bridgehead atoms. The highest BCUT2D eigenvalue weighted by Gasteiger charge is 2.17. The van der Waals surface area contributed by atoms with E-state index in [0.29, 0.717) is 32.9 Å². The first-order valence-corrected chi connectivity index (χ1v) is 11.4. The van der Waals surface area contributed by atoms with Crippen molar-refractivity contribution in [1.29, 1.82) is 0 Å². The molecule has 1 heterocycles. The predicted molar refractivity (Wildman–Crippen MR) is 133 cm³/mol. The van der Waals surface area contributed by atoms with Crippen LogP contribution in [0.1, 0.15) is 10.4 Å². The number of amides is 1. The van der Waals surface area contributed by atoms with Crippen LogP contribution in [0, 0.1) is 0 Å². The maximum atomic E-state index is 12.9. The number of carbonyl (C=O) groups is 2. The molecule has 4 aromatic rings. The first kappa shape index (κ1) is 22.5. The van der Waals surface area contributed by atoms with Gasteiger partial charge in [0.05, 0.1) is 21.8 Å². The Morgan fingerprint density at radius 1 is 0.969 bits per heavy atom. The quantitative estimate of drug-likeness (QED) is 0.264. The molecular formula is C24H15Br2ClN2O3. The Hall–Kier alpha value is -2.74. The van der Waals surface area contributed by atoms with Crippen LogP contribution >= 0.6 is 43.5 Å². The number of hydrogen-bond donors (Lipinski definition) is 1. The number of pyridine rings is 1. The molecule has 1 amide bonds. The highest BCUT2D eigenvalue weighted by atomic mass is 79.9. The standard InChI is InChI=1S/C24H15Br2ClN2O3/c25-15-7-5-14(6-8-15)22-12-18(17-3-1-2-4-21(17)29-22)24(31)32-13-23(30)28-16-9-10-19(26)20(27)11-16/h1-12H,13H2,(H,28,30). The van der Waals surface area contributed by atoms with Gasteiger partial charge >= 0.3 is 5.97 Å². The molecule has 0 unspecified atom stereocenters. The molecule has 160 valence electrons. The number of aromatic nitrogens is 1. The van der Waals surface area contributed by atoms with Crippen LogP contribution in [0.5, 0.6) is 0 Å². The van der Waals surface area contributed by atoms with E-state index in [4.69, 9.17) is 16.3 Å². The molecule has 1 aromatic heterocycles. The van der Waals surface area contributed by atoms with Crippen molar-refractivity contribution in [1.82, 2.24) is 4.98 Å². The number of para-hydroxylation sites is 1. The molecule has 0 saturated heterocycles. The topological polar surface area (TPSA) is 68.3 Å². The monoisotopic (exact) mass is 572 g/mol. The zero-order valence-corrected chi connectivity index (χ0v) is 20.4. The van der Waals surface area contributed by atoms with E-state index in [1.807, 2.05) is 42.5 Å². The van der Waals surface area contributed by atoms with E-state index in [2.05, 4.69) is 42.2 Å². The number of esters is 1. The molecule has 0 radical (unpaired) electrons. The lowest BCUT2D eigenvalue weighted by atomic mass is 10.0. The summed E-state index contributed by atoms with van der Waals surface area (Å²) in [7, 11) is 0. The average molecular weight is 575 g/mol. The third-order valence-corrected chi connectivity index (χ3v) is 6.37. The third-order valence-electron chi connectivity index (χ3n) is 4.61. The molecule has 0 aliphatic rings. The number of benzene rings is 3. The lowest BCUT2D eigenvalue weighted by Gasteiger charge is -2.11. The second kappa shape index (κ2) is 9.81. The van der Waals surface area contributed by atoms with Gasteiger partial charge in [0.15, 0.2) is 6.61 Å². The van der Waals surface area contributed by atoms with Crippen molar-refractivity contribution in [2.75, 3.05) is 11.9 Å². The Labute approximate surface area is 206 Å². The van der Waals surface area contributed by atoms with E-state index >= 15 is 0 Å². The summed E-state index contributed by atoms with van der Waals surface area (Å²) < 4.78 is 6.97. The van der Waals surface area contributed by atoms with Gasteiger partial charge in [-0.3, -0.25) is 4.79 Å². The van der Waals surface area contributed by atoms with E-state index in [0.717, 1.165) is 14.5 Å². The molecule has 0 saturated carbocycles. The van der Waals surface area contributed by atoms with E-state index in [1.54, 1.807) is 30.3 Å². The SMILES string of the molecule is O=C(COC(=O)c1cc(-c2ccc(Br)cc2)nc2ccccc12)Nc1ccc(Br)c(Cl)c1. The first-order valence-electron chi connectivity index (χ1n) is 9.48. The Morgan fingerprint density at radius 3 is 2.47 bits per heavy atom. The summed E-state index contributed by atoms with van der Waals surface area (Å²) in [6.07, 6.45) is 0. The van der Waals surface area contributed by atoms with E-state index in [1.165, 1.54) is 0 Å². The van der Waals surface area contributed by atoms with E-state index in [-0.39, 0.29) is 0 Å². The van der Waals surface area contributed by atoms with Crippen LogP contribution in [0.4, 0.5) is 5.69 Å². The maximum Gasteiger partial charge on any atom is 0.339 e. The number of nitrogens with one attached hydrogen (secondary N) is 1. The number of ether oxygens (including phenoxy) is 1. The number of hydrogen-bond acceptors (Lipinski definition) is 4. The van der Waals surface area contributed by atoms with Crippen LogP contribution in [-0.2, 0) is 9.53 Å². The molecule has 32 heavy (non-hydrogen) atoms. The van der Waals surface area contributed by atoms with E-state index in [9.17, 15) is 9.59 Å². The third kappa shape index (κ3) is 5.18. The maximum absolute atomic E-state index is 12.9. The van der Waals surface area contributed by atoms with Crippen LogP contribution in [0.25, 0.3) is 22.2 Å². The minimum absolute atomic E-state index is 0.341. The lowest BCUT2D eigenvalue weighted by molar-refractivity contribution is -0.119. The second-order valence-electron chi connectivity index (χ2n) is 6.83. The molecule has 0 fully saturated rings. The van der Waals surface area contributed by atoms with Crippen LogP contribution in [0.2, 0.25) is 5.02 Å². The summed E-state index contributed by atoms with van der Waals surface area (Å²) in [4.78, 5) is 29.8. The highest BCUT2D eigenvalue weighted by molar-refractivity contribution is 9.10. The summed E-state index contributed by atoms with van der Waals surface area (Å²) in [5, 5.41) is 3.77. The van der Waals surface area contributed by atoms with Crippen molar-refractivity contribution in [3.8, 4) is 11.3 Å². The van der Waals surface area contributed by atoms with Gasteiger partial charge < -0.3 is 10.1 Å². The fourth-order valence-corrected chi connectivity index (χ4v) is 3.78.